The van der Waals surface area contributed by atoms with E-state index in [1.807, 2.05) is 66.9 Å². The minimum Gasteiger partial charge on any atom is -0.497 e. The number of carbonyl (C=O) groups is 2. The van der Waals surface area contributed by atoms with Crippen LogP contribution in [0.3, 0.4) is 0 Å². The van der Waals surface area contributed by atoms with Gasteiger partial charge in [-0.2, -0.15) is 5.10 Å². The molecule has 0 bridgehead atoms. The second kappa shape index (κ2) is 9.85. The number of para-hydroxylation sites is 2. The molecular weight excluding hydrogens is 440 g/mol. The minimum atomic E-state index is -0.267. The molecule has 7 heteroatoms. The number of carbonyl (C=O) groups excluding carboxylic acids is 2. The molecule has 35 heavy (non-hydrogen) atoms. The average molecular weight is 467 g/mol. The first-order valence-electron chi connectivity index (χ1n) is 11.6. The van der Waals surface area contributed by atoms with Crippen molar-refractivity contribution in [3.63, 3.8) is 0 Å². The number of ether oxygens (including phenoxy) is 1. The van der Waals surface area contributed by atoms with Crippen molar-refractivity contribution in [2.75, 3.05) is 18.7 Å². The zero-order valence-corrected chi connectivity index (χ0v) is 19.4. The third kappa shape index (κ3) is 4.66. The summed E-state index contributed by atoms with van der Waals surface area (Å²) >= 11 is 0. The van der Waals surface area contributed by atoms with Gasteiger partial charge in [0.05, 0.1) is 12.8 Å². The summed E-state index contributed by atoms with van der Waals surface area (Å²) in [5.74, 6) is 0.300. The zero-order valence-electron chi connectivity index (χ0n) is 19.4. The van der Waals surface area contributed by atoms with Gasteiger partial charge in [0.1, 0.15) is 11.5 Å². The van der Waals surface area contributed by atoms with Crippen LogP contribution in [0.5, 0.6) is 5.75 Å². The fourth-order valence-electron chi connectivity index (χ4n) is 4.41. The molecule has 0 saturated heterocycles. The van der Waals surface area contributed by atoms with E-state index in [1.54, 1.807) is 19.2 Å². The molecule has 1 aliphatic heterocycles. The molecule has 5 rings (SSSR count). The number of nitrogens with one attached hydrogen (secondary N) is 2. The van der Waals surface area contributed by atoms with Gasteiger partial charge >= 0.3 is 0 Å². The Kier molecular flexibility index (Phi) is 6.30. The Labute approximate surface area is 203 Å². The van der Waals surface area contributed by atoms with E-state index in [9.17, 15) is 9.59 Å². The molecule has 0 aliphatic carbocycles. The number of amides is 2. The molecule has 1 atom stereocenters. The highest BCUT2D eigenvalue weighted by Gasteiger charge is 2.26. The largest absolute Gasteiger partial charge is 0.497 e. The van der Waals surface area contributed by atoms with Crippen molar-refractivity contribution in [2.45, 2.75) is 18.8 Å². The Bertz CT molecular complexity index is 1380. The minimum absolute atomic E-state index is 0.0861. The van der Waals surface area contributed by atoms with E-state index in [0.29, 0.717) is 24.4 Å². The van der Waals surface area contributed by atoms with E-state index in [1.165, 1.54) is 5.01 Å². The summed E-state index contributed by atoms with van der Waals surface area (Å²) in [6, 6.07) is 25.2. The number of benzene rings is 3. The molecule has 0 radical (unpaired) electrons. The van der Waals surface area contributed by atoms with Gasteiger partial charge in [-0.3, -0.25) is 9.59 Å². The van der Waals surface area contributed by atoms with Crippen LogP contribution in [0.2, 0.25) is 0 Å². The molecule has 3 aromatic carbocycles. The molecule has 176 valence electrons. The van der Waals surface area contributed by atoms with Crippen molar-refractivity contribution in [3.05, 3.63) is 96.2 Å². The van der Waals surface area contributed by atoms with E-state index >= 15 is 0 Å². The molecule has 1 aromatic heterocycles. The highest BCUT2D eigenvalue weighted by atomic mass is 16.5. The van der Waals surface area contributed by atoms with Gasteiger partial charge in [-0.15, -0.1) is 0 Å². The Hall–Kier alpha value is -4.39. The van der Waals surface area contributed by atoms with Crippen LogP contribution in [-0.4, -0.2) is 36.2 Å². The third-order valence-corrected chi connectivity index (χ3v) is 6.28. The van der Waals surface area contributed by atoms with Crippen molar-refractivity contribution in [1.82, 2.24) is 10.3 Å². The lowest BCUT2D eigenvalue weighted by Crippen LogP contribution is -2.40. The Balaban J connectivity index is 1.41. The number of hydrogen-bond acceptors (Lipinski definition) is 4. The number of methoxy groups -OCH3 is 1. The first kappa shape index (κ1) is 22.4. The molecule has 2 heterocycles. The van der Waals surface area contributed by atoms with E-state index in [-0.39, 0.29) is 24.2 Å². The van der Waals surface area contributed by atoms with Gasteiger partial charge < -0.3 is 15.0 Å². The summed E-state index contributed by atoms with van der Waals surface area (Å²) in [5, 5.41) is 9.88. The predicted octanol–water partition coefficient (Wildman–Crippen LogP) is 4.61. The maximum atomic E-state index is 13.1. The van der Waals surface area contributed by atoms with Gasteiger partial charge in [0.25, 0.3) is 5.91 Å². The number of rotatable bonds is 7. The summed E-state index contributed by atoms with van der Waals surface area (Å²) in [6.07, 6.45) is 2.56. The molecule has 4 aromatic rings. The highest BCUT2D eigenvalue weighted by Crippen LogP contribution is 2.31. The van der Waals surface area contributed by atoms with Crippen LogP contribution in [-0.2, 0) is 9.59 Å². The van der Waals surface area contributed by atoms with E-state index < -0.39 is 0 Å². The van der Waals surface area contributed by atoms with Crippen molar-refractivity contribution in [3.8, 4) is 5.75 Å². The van der Waals surface area contributed by atoms with Gasteiger partial charge in [-0.1, -0.05) is 48.5 Å². The molecule has 0 spiro atoms. The normalized spacial score (nSPS) is 14.5. The van der Waals surface area contributed by atoms with Crippen molar-refractivity contribution in [2.24, 2.45) is 5.10 Å². The second-order valence-electron chi connectivity index (χ2n) is 8.41. The summed E-state index contributed by atoms with van der Waals surface area (Å²) in [4.78, 5) is 28.9. The van der Waals surface area contributed by atoms with Gasteiger partial charge in [0.15, 0.2) is 0 Å². The average Bonchev–Trinajstić information content (AvgIpc) is 3.34. The maximum absolute atomic E-state index is 13.1. The fourth-order valence-corrected chi connectivity index (χ4v) is 4.41. The Morgan fingerprint density at radius 1 is 1.03 bits per heavy atom. The maximum Gasteiger partial charge on any atom is 0.267 e. The SMILES string of the molecule is COc1ccc([C@@H](CNC(=O)C2=NN(c3ccccc3)C(=O)CC2)c2c[nH]c3ccccc23)cc1. The Morgan fingerprint density at radius 3 is 2.54 bits per heavy atom. The molecule has 0 fully saturated rings. The van der Waals surface area contributed by atoms with Crippen LogP contribution < -0.4 is 15.1 Å². The molecular formula is C28H26N4O3. The van der Waals surface area contributed by atoms with Crippen LogP contribution >= 0.6 is 0 Å². The number of aromatic amines is 1. The van der Waals surface area contributed by atoms with Crippen LogP contribution in [0.1, 0.15) is 29.9 Å². The van der Waals surface area contributed by atoms with Crippen LogP contribution in [0.4, 0.5) is 5.69 Å². The molecule has 1 aliphatic rings. The third-order valence-electron chi connectivity index (χ3n) is 6.28. The van der Waals surface area contributed by atoms with Crippen LogP contribution in [0.15, 0.2) is 90.2 Å². The summed E-state index contributed by atoms with van der Waals surface area (Å²) in [7, 11) is 1.64. The smallest absolute Gasteiger partial charge is 0.267 e. The highest BCUT2D eigenvalue weighted by molar-refractivity contribution is 6.40. The van der Waals surface area contributed by atoms with Crippen molar-refractivity contribution in [1.29, 1.82) is 0 Å². The lowest BCUT2D eigenvalue weighted by Gasteiger charge is -2.24. The van der Waals surface area contributed by atoms with Crippen molar-refractivity contribution >= 4 is 34.1 Å². The second-order valence-corrected chi connectivity index (χ2v) is 8.41. The summed E-state index contributed by atoms with van der Waals surface area (Å²) < 4.78 is 5.32. The van der Waals surface area contributed by atoms with Crippen LogP contribution in [0, 0.1) is 0 Å². The summed E-state index contributed by atoms with van der Waals surface area (Å²) in [5.41, 5.74) is 4.19. The van der Waals surface area contributed by atoms with Gasteiger partial charge in [-0.25, -0.2) is 5.01 Å². The van der Waals surface area contributed by atoms with Crippen molar-refractivity contribution < 1.29 is 14.3 Å². The number of anilines is 1. The lowest BCUT2D eigenvalue weighted by atomic mass is 9.90. The quantitative estimate of drug-likeness (QED) is 0.417. The molecule has 2 N–H and O–H groups in total. The number of H-pyrrole nitrogens is 1. The van der Waals surface area contributed by atoms with Gasteiger partial charge in [0.2, 0.25) is 5.91 Å². The first-order valence-corrected chi connectivity index (χ1v) is 11.6. The number of nitrogens with zero attached hydrogens (tertiary/aromatic N) is 2. The topological polar surface area (TPSA) is 86.8 Å². The molecule has 0 saturated carbocycles. The standard InChI is InChI=1S/C28H26N4O3/c1-35-21-13-11-19(12-14-21)23(24-18-29-25-10-6-5-9-22(24)25)17-30-28(34)26-15-16-27(33)32(31-26)20-7-3-2-4-8-20/h2-14,18,23,29H,15-17H2,1H3,(H,30,34)/t23-/m1/s1. The lowest BCUT2D eigenvalue weighted by molar-refractivity contribution is -0.118. The van der Waals surface area contributed by atoms with E-state index in [0.717, 1.165) is 27.8 Å². The van der Waals surface area contributed by atoms with E-state index in [4.69, 9.17) is 4.74 Å². The number of hydrogen-bond donors (Lipinski definition) is 2. The monoisotopic (exact) mass is 466 g/mol. The Morgan fingerprint density at radius 2 is 1.77 bits per heavy atom. The van der Waals surface area contributed by atoms with E-state index in [2.05, 4.69) is 21.5 Å². The van der Waals surface area contributed by atoms with Crippen LogP contribution in [0.25, 0.3) is 10.9 Å². The zero-order chi connectivity index (χ0) is 24.2. The molecule has 7 nitrogen and oxygen atoms in total. The number of hydrazone groups is 1. The fraction of sp³-hybridized carbons (Fsp3) is 0.179. The number of aromatic nitrogens is 1. The molecule has 2 amide bonds. The molecule has 0 unspecified atom stereocenters. The van der Waals surface area contributed by atoms with Gasteiger partial charge in [0, 0.05) is 42.4 Å². The number of fused-ring (bicyclic) bond motifs is 1. The predicted molar refractivity (Wildman–Crippen MR) is 137 cm³/mol. The summed E-state index contributed by atoms with van der Waals surface area (Å²) in [6.45, 7) is 0.380. The van der Waals surface area contributed by atoms with Gasteiger partial charge in [-0.05, 0) is 41.5 Å². The first-order chi connectivity index (χ1) is 17.1.